The molecule has 1 heterocycles. The Kier molecular flexibility index (Phi) is 5.42. The maximum atomic E-state index is 12.1. The van der Waals surface area contributed by atoms with Gasteiger partial charge in [-0.15, -0.1) is 0 Å². The quantitative estimate of drug-likeness (QED) is 0.452. The van der Waals surface area contributed by atoms with Gasteiger partial charge in [0.1, 0.15) is 6.04 Å². The molecule has 7 nitrogen and oxygen atoms in total. The summed E-state index contributed by atoms with van der Waals surface area (Å²) in [5.74, 6) is -0.545. The summed E-state index contributed by atoms with van der Waals surface area (Å²) in [6, 6.07) is 0.357. The minimum Gasteiger partial charge on any atom is -0.464 e. The van der Waals surface area contributed by atoms with Gasteiger partial charge in [0.15, 0.2) is 0 Å². The van der Waals surface area contributed by atoms with Crippen LogP contribution in [0.25, 0.3) is 0 Å². The highest BCUT2D eigenvalue weighted by Crippen LogP contribution is 2.17. The molecule has 1 aromatic rings. The molecule has 1 rings (SSSR count). The van der Waals surface area contributed by atoms with E-state index >= 15 is 0 Å². The molecular formula is C13H18N2O5. The molecule has 1 unspecified atom stereocenters. The fraction of sp³-hybridized carbons (Fsp3) is 0.538. The van der Waals surface area contributed by atoms with Gasteiger partial charge in [0.05, 0.1) is 17.7 Å². The van der Waals surface area contributed by atoms with Crippen LogP contribution in [0.5, 0.6) is 0 Å². The largest absolute Gasteiger partial charge is 0.464 e. The van der Waals surface area contributed by atoms with Crippen LogP contribution in [-0.4, -0.2) is 22.1 Å². The first-order valence-electron chi connectivity index (χ1n) is 6.46. The summed E-state index contributed by atoms with van der Waals surface area (Å²) in [4.78, 5) is 34.2. The Balaban J connectivity index is 3.24. The molecule has 0 saturated carbocycles. The number of hydrogen-bond acceptors (Lipinski definition) is 5. The van der Waals surface area contributed by atoms with Gasteiger partial charge in [0, 0.05) is 11.6 Å². The van der Waals surface area contributed by atoms with E-state index in [0.29, 0.717) is 12.8 Å². The minimum absolute atomic E-state index is 0.219. The number of esters is 1. The summed E-state index contributed by atoms with van der Waals surface area (Å²) in [5, 5.41) is 10.8. The molecule has 0 radical (unpaired) electrons. The number of pyridine rings is 1. The van der Waals surface area contributed by atoms with Crippen LogP contribution in [0.1, 0.15) is 38.3 Å². The molecule has 0 amide bonds. The third kappa shape index (κ3) is 3.43. The lowest BCUT2D eigenvalue weighted by Gasteiger charge is -2.17. The van der Waals surface area contributed by atoms with Gasteiger partial charge in [-0.1, -0.05) is 13.8 Å². The Hall–Kier alpha value is -2.18. The third-order valence-electron chi connectivity index (χ3n) is 2.86. The van der Waals surface area contributed by atoms with Gasteiger partial charge in [-0.05, 0) is 19.8 Å². The van der Waals surface area contributed by atoms with Crippen molar-refractivity contribution in [1.29, 1.82) is 0 Å². The summed E-state index contributed by atoms with van der Waals surface area (Å²) in [6.07, 6.45) is 2.09. The van der Waals surface area contributed by atoms with Crippen molar-refractivity contribution < 1.29 is 14.5 Å². The monoisotopic (exact) mass is 282 g/mol. The Labute approximate surface area is 116 Å². The van der Waals surface area contributed by atoms with Gasteiger partial charge in [0.25, 0.3) is 11.2 Å². The Bertz CT molecular complexity index is 564. The smallest absolute Gasteiger partial charge is 0.329 e. The third-order valence-corrected chi connectivity index (χ3v) is 2.86. The van der Waals surface area contributed by atoms with Crippen LogP contribution in [0.4, 0.5) is 5.69 Å². The molecule has 0 N–H and O–H groups in total. The van der Waals surface area contributed by atoms with Gasteiger partial charge >= 0.3 is 5.97 Å². The first-order chi connectivity index (χ1) is 9.42. The van der Waals surface area contributed by atoms with Crippen LogP contribution in [0.3, 0.4) is 0 Å². The molecule has 0 aliphatic heterocycles. The second-order valence-electron chi connectivity index (χ2n) is 4.44. The number of rotatable bonds is 6. The minimum atomic E-state index is -0.840. The standard InChI is InChI=1S/C13H18N2O5/c1-4-6-20-13(17)11(5-2)14-8-10(15(18)19)7-9(3)12(14)16/h7-8,11H,4-6H2,1-3H3. The fourth-order valence-electron chi connectivity index (χ4n) is 1.83. The molecule has 0 aliphatic rings. The van der Waals surface area contributed by atoms with Crippen LogP contribution in [0.2, 0.25) is 0 Å². The summed E-state index contributed by atoms with van der Waals surface area (Å²) in [5.41, 5.74) is -0.416. The van der Waals surface area contributed by atoms with Crippen molar-refractivity contribution in [3.05, 3.63) is 38.3 Å². The van der Waals surface area contributed by atoms with E-state index in [1.165, 1.54) is 13.0 Å². The molecule has 0 aromatic carbocycles. The topological polar surface area (TPSA) is 91.4 Å². The van der Waals surface area contributed by atoms with Crippen molar-refractivity contribution in [3.8, 4) is 0 Å². The highest BCUT2D eigenvalue weighted by Gasteiger charge is 2.24. The number of ether oxygens (including phenoxy) is 1. The molecule has 1 aromatic heterocycles. The maximum absolute atomic E-state index is 12.1. The van der Waals surface area contributed by atoms with Crippen molar-refractivity contribution in [2.75, 3.05) is 6.61 Å². The normalized spacial score (nSPS) is 11.9. The lowest BCUT2D eigenvalue weighted by Crippen LogP contribution is -2.32. The molecule has 0 fully saturated rings. The molecule has 7 heteroatoms. The zero-order valence-electron chi connectivity index (χ0n) is 11.8. The van der Waals surface area contributed by atoms with E-state index in [9.17, 15) is 19.7 Å². The van der Waals surface area contributed by atoms with Crippen molar-refractivity contribution in [2.45, 2.75) is 39.7 Å². The van der Waals surface area contributed by atoms with E-state index in [0.717, 1.165) is 10.8 Å². The van der Waals surface area contributed by atoms with Crippen molar-refractivity contribution in [1.82, 2.24) is 4.57 Å². The van der Waals surface area contributed by atoms with Crippen LogP contribution < -0.4 is 5.56 Å². The van der Waals surface area contributed by atoms with Crippen molar-refractivity contribution in [3.63, 3.8) is 0 Å². The maximum Gasteiger partial charge on any atom is 0.329 e. The van der Waals surface area contributed by atoms with Gasteiger partial charge < -0.3 is 4.74 Å². The molecule has 0 saturated heterocycles. The van der Waals surface area contributed by atoms with E-state index in [-0.39, 0.29) is 17.9 Å². The SMILES string of the molecule is CCCOC(=O)C(CC)n1cc([N+](=O)[O-])cc(C)c1=O. The lowest BCUT2D eigenvalue weighted by atomic mass is 10.2. The van der Waals surface area contributed by atoms with Crippen molar-refractivity contribution >= 4 is 11.7 Å². The number of nitrogens with zero attached hydrogens (tertiary/aromatic N) is 2. The zero-order valence-corrected chi connectivity index (χ0v) is 11.8. The Morgan fingerprint density at radius 2 is 2.15 bits per heavy atom. The molecule has 0 aliphatic carbocycles. The molecular weight excluding hydrogens is 264 g/mol. The number of carbonyl (C=O) groups is 1. The molecule has 110 valence electrons. The summed E-state index contributed by atoms with van der Waals surface area (Å²) in [6.45, 7) is 5.32. The second kappa shape index (κ2) is 6.83. The van der Waals surface area contributed by atoms with Gasteiger partial charge in [-0.2, -0.15) is 0 Å². The van der Waals surface area contributed by atoms with Gasteiger partial charge in [-0.25, -0.2) is 4.79 Å². The predicted molar refractivity (Wildman–Crippen MR) is 72.7 cm³/mol. The van der Waals surface area contributed by atoms with Gasteiger partial charge in [-0.3, -0.25) is 19.5 Å². The fourth-order valence-corrected chi connectivity index (χ4v) is 1.83. The van der Waals surface area contributed by atoms with E-state index < -0.39 is 22.5 Å². The van der Waals surface area contributed by atoms with Crippen molar-refractivity contribution in [2.24, 2.45) is 0 Å². The molecule has 1 atom stereocenters. The zero-order chi connectivity index (χ0) is 15.3. The van der Waals surface area contributed by atoms with Crippen LogP contribution in [0, 0.1) is 17.0 Å². The molecule has 20 heavy (non-hydrogen) atoms. The number of hydrogen-bond donors (Lipinski definition) is 0. The van der Waals surface area contributed by atoms with Crippen LogP contribution in [0.15, 0.2) is 17.1 Å². The van der Waals surface area contributed by atoms with E-state index in [1.807, 2.05) is 6.92 Å². The number of carbonyl (C=O) groups excluding carboxylic acids is 1. The first kappa shape index (κ1) is 15.9. The summed E-state index contributed by atoms with van der Waals surface area (Å²) < 4.78 is 6.11. The van der Waals surface area contributed by atoms with E-state index in [2.05, 4.69) is 0 Å². The second-order valence-corrected chi connectivity index (χ2v) is 4.44. The summed E-state index contributed by atoms with van der Waals surface area (Å²) >= 11 is 0. The van der Waals surface area contributed by atoms with Crippen LogP contribution >= 0.6 is 0 Å². The highest BCUT2D eigenvalue weighted by atomic mass is 16.6. The number of nitro groups is 1. The Morgan fingerprint density at radius 3 is 2.65 bits per heavy atom. The Morgan fingerprint density at radius 1 is 1.50 bits per heavy atom. The average molecular weight is 282 g/mol. The molecule has 0 spiro atoms. The molecule has 0 bridgehead atoms. The van der Waals surface area contributed by atoms with Crippen LogP contribution in [-0.2, 0) is 9.53 Å². The van der Waals surface area contributed by atoms with Gasteiger partial charge in [0.2, 0.25) is 0 Å². The first-order valence-corrected chi connectivity index (χ1v) is 6.46. The highest BCUT2D eigenvalue weighted by molar-refractivity contribution is 5.74. The summed E-state index contributed by atoms with van der Waals surface area (Å²) in [7, 11) is 0. The predicted octanol–water partition coefficient (Wildman–Crippen LogP) is 1.97. The number of aromatic nitrogens is 1. The van der Waals surface area contributed by atoms with E-state index in [1.54, 1.807) is 6.92 Å². The van der Waals surface area contributed by atoms with E-state index in [4.69, 9.17) is 4.74 Å². The average Bonchev–Trinajstić information content (AvgIpc) is 2.41. The lowest BCUT2D eigenvalue weighted by molar-refractivity contribution is -0.385. The number of aryl methyl sites for hydroxylation is 1.